The van der Waals surface area contributed by atoms with Gasteiger partial charge in [-0.2, -0.15) is 0 Å². The number of rotatable bonds is 1. The van der Waals surface area contributed by atoms with Gasteiger partial charge in [0.05, 0.1) is 0 Å². The Bertz CT molecular complexity index is 187. The second-order valence-corrected chi connectivity index (χ2v) is 4.52. The van der Waals surface area contributed by atoms with Crippen molar-refractivity contribution in [3.63, 3.8) is 0 Å². The molecule has 0 aromatic carbocycles. The summed E-state index contributed by atoms with van der Waals surface area (Å²) in [6.07, 6.45) is 5.84. The van der Waals surface area contributed by atoms with Gasteiger partial charge in [-0.15, -0.1) is 0 Å². The number of nitrogens with two attached hydrogens (primary N) is 2. The summed E-state index contributed by atoms with van der Waals surface area (Å²) in [4.78, 5) is 10.6. The maximum absolute atomic E-state index is 10.6. The number of hydrogen-bond donors (Lipinski definition) is 3. The minimum absolute atomic E-state index is 0.0554. The molecule has 0 spiro atoms. The Labute approximate surface area is 97.5 Å². The van der Waals surface area contributed by atoms with Crippen molar-refractivity contribution in [1.82, 2.24) is 10.3 Å². The lowest BCUT2D eigenvalue weighted by Gasteiger charge is -2.26. The van der Waals surface area contributed by atoms with E-state index in [1.54, 1.807) is 5.01 Å². The van der Waals surface area contributed by atoms with E-state index >= 15 is 0 Å². The van der Waals surface area contributed by atoms with Gasteiger partial charge in [0, 0.05) is 19.0 Å². The van der Waals surface area contributed by atoms with E-state index in [1.807, 2.05) is 0 Å². The first-order chi connectivity index (χ1) is 7.70. The number of nitrogens with zero attached hydrogens (tertiary/aromatic N) is 1. The zero-order valence-electron chi connectivity index (χ0n) is 9.95. The van der Waals surface area contributed by atoms with Crippen LogP contribution < -0.4 is 16.9 Å². The van der Waals surface area contributed by atoms with Gasteiger partial charge in [0.1, 0.15) is 0 Å². The first-order valence-electron chi connectivity index (χ1n) is 6.20. The number of amides is 1. The van der Waals surface area contributed by atoms with Crippen LogP contribution in [0.2, 0.25) is 0 Å². The fourth-order valence-electron chi connectivity index (χ4n) is 1.99. The molecular formula is C11H24N4O. The Hall–Kier alpha value is -0.650. The van der Waals surface area contributed by atoms with Crippen molar-refractivity contribution in [2.75, 3.05) is 26.2 Å². The summed E-state index contributed by atoms with van der Waals surface area (Å²) in [5.74, 6) is 5.35. The third kappa shape index (κ3) is 5.44. The molecule has 5 heteroatoms. The molecule has 2 fully saturated rings. The summed E-state index contributed by atoms with van der Waals surface area (Å²) < 4.78 is 0. The van der Waals surface area contributed by atoms with Gasteiger partial charge in [-0.1, -0.05) is 6.42 Å². The number of hydrogen-bond acceptors (Lipinski definition) is 4. The zero-order valence-corrected chi connectivity index (χ0v) is 9.95. The number of primary amides is 1. The van der Waals surface area contributed by atoms with E-state index in [-0.39, 0.29) is 11.8 Å². The molecule has 0 bridgehead atoms. The molecule has 0 atom stereocenters. The SMILES string of the molecule is C1CCNCC1.NC(=O)C1CCN(N)CC1. The molecule has 94 valence electrons. The van der Waals surface area contributed by atoms with Crippen LogP contribution in [0, 0.1) is 5.92 Å². The maximum Gasteiger partial charge on any atom is 0.220 e. The first kappa shape index (κ1) is 13.4. The minimum Gasteiger partial charge on any atom is -0.369 e. The van der Waals surface area contributed by atoms with Crippen LogP contribution in [-0.2, 0) is 4.79 Å². The molecule has 2 aliphatic heterocycles. The Morgan fingerprint density at radius 3 is 2.00 bits per heavy atom. The molecule has 2 saturated heterocycles. The smallest absolute Gasteiger partial charge is 0.220 e. The molecule has 5 nitrogen and oxygen atoms in total. The molecule has 0 aromatic heterocycles. The molecule has 0 aromatic rings. The lowest BCUT2D eigenvalue weighted by Crippen LogP contribution is -2.42. The second kappa shape index (κ2) is 7.60. The Kier molecular flexibility index (Phi) is 6.37. The monoisotopic (exact) mass is 228 g/mol. The van der Waals surface area contributed by atoms with Crippen molar-refractivity contribution in [2.24, 2.45) is 17.5 Å². The van der Waals surface area contributed by atoms with Crippen LogP contribution in [0.3, 0.4) is 0 Å². The molecular weight excluding hydrogens is 204 g/mol. The van der Waals surface area contributed by atoms with E-state index in [0.29, 0.717) is 0 Å². The van der Waals surface area contributed by atoms with Crippen molar-refractivity contribution < 1.29 is 4.79 Å². The van der Waals surface area contributed by atoms with Crippen LogP contribution in [-0.4, -0.2) is 37.1 Å². The number of piperidine rings is 2. The third-order valence-corrected chi connectivity index (χ3v) is 3.14. The van der Waals surface area contributed by atoms with Crippen molar-refractivity contribution in [2.45, 2.75) is 32.1 Å². The highest BCUT2D eigenvalue weighted by Gasteiger charge is 2.20. The average molecular weight is 228 g/mol. The lowest BCUT2D eigenvalue weighted by atomic mass is 9.97. The van der Waals surface area contributed by atoms with E-state index in [0.717, 1.165) is 25.9 Å². The van der Waals surface area contributed by atoms with E-state index in [4.69, 9.17) is 11.6 Å². The highest BCUT2D eigenvalue weighted by Crippen LogP contribution is 2.13. The highest BCUT2D eigenvalue weighted by atomic mass is 16.1. The van der Waals surface area contributed by atoms with Gasteiger partial charge in [0.2, 0.25) is 5.91 Å². The summed E-state index contributed by atoms with van der Waals surface area (Å²) >= 11 is 0. The van der Waals surface area contributed by atoms with Gasteiger partial charge in [0.25, 0.3) is 0 Å². The summed E-state index contributed by atoms with van der Waals surface area (Å²) in [6, 6.07) is 0. The lowest BCUT2D eigenvalue weighted by molar-refractivity contribution is -0.123. The molecule has 2 heterocycles. The Balaban J connectivity index is 0.000000181. The van der Waals surface area contributed by atoms with Crippen molar-refractivity contribution >= 4 is 5.91 Å². The summed E-state index contributed by atoms with van der Waals surface area (Å²) in [7, 11) is 0. The molecule has 2 rings (SSSR count). The topological polar surface area (TPSA) is 84.4 Å². The predicted octanol–water partition coefficient (Wildman–Crippen LogP) is -0.183. The molecule has 5 N–H and O–H groups in total. The minimum atomic E-state index is -0.187. The van der Waals surface area contributed by atoms with Crippen molar-refractivity contribution in [3.05, 3.63) is 0 Å². The number of nitrogens with one attached hydrogen (secondary N) is 1. The zero-order chi connectivity index (χ0) is 11.8. The van der Waals surface area contributed by atoms with Crippen LogP contribution in [0.1, 0.15) is 32.1 Å². The Morgan fingerprint density at radius 1 is 1.12 bits per heavy atom. The van der Waals surface area contributed by atoms with Crippen LogP contribution in [0.15, 0.2) is 0 Å². The van der Waals surface area contributed by atoms with Gasteiger partial charge in [-0.3, -0.25) is 10.6 Å². The van der Waals surface area contributed by atoms with E-state index < -0.39 is 0 Å². The van der Waals surface area contributed by atoms with Gasteiger partial charge >= 0.3 is 0 Å². The van der Waals surface area contributed by atoms with Gasteiger partial charge in [0.15, 0.2) is 0 Å². The fourth-order valence-corrected chi connectivity index (χ4v) is 1.99. The number of hydrazine groups is 1. The Morgan fingerprint density at radius 2 is 1.69 bits per heavy atom. The van der Waals surface area contributed by atoms with Crippen LogP contribution in [0.5, 0.6) is 0 Å². The molecule has 0 saturated carbocycles. The van der Waals surface area contributed by atoms with Crippen LogP contribution >= 0.6 is 0 Å². The van der Waals surface area contributed by atoms with E-state index in [2.05, 4.69) is 5.32 Å². The van der Waals surface area contributed by atoms with Crippen molar-refractivity contribution in [3.8, 4) is 0 Å². The fraction of sp³-hybridized carbons (Fsp3) is 0.909. The molecule has 0 unspecified atom stereocenters. The van der Waals surface area contributed by atoms with Crippen LogP contribution in [0.4, 0.5) is 0 Å². The second-order valence-electron chi connectivity index (χ2n) is 4.52. The molecule has 1 amide bonds. The molecule has 0 aliphatic carbocycles. The molecule has 2 aliphatic rings. The average Bonchev–Trinajstić information content (AvgIpc) is 2.32. The summed E-state index contributed by atoms with van der Waals surface area (Å²) in [5.41, 5.74) is 5.11. The van der Waals surface area contributed by atoms with Gasteiger partial charge in [-0.05, 0) is 38.8 Å². The third-order valence-electron chi connectivity index (χ3n) is 3.14. The van der Waals surface area contributed by atoms with Crippen molar-refractivity contribution in [1.29, 1.82) is 0 Å². The molecule has 16 heavy (non-hydrogen) atoms. The largest absolute Gasteiger partial charge is 0.369 e. The first-order valence-corrected chi connectivity index (χ1v) is 6.20. The molecule has 0 radical (unpaired) electrons. The van der Waals surface area contributed by atoms with Gasteiger partial charge in [-0.25, -0.2) is 5.01 Å². The number of carbonyl (C=O) groups is 1. The highest BCUT2D eigenvalue weighted by molar-refractivity contribution is 5.76. The summed E-state index contributed by atoms with van der Waals surface area (Å²) in [6.45, 7) is 4.07. The normalized spacial score (nSPS) is 23.3. The maximum atomic E-state index is 10.6. The standard InChI is InChI=1S/C6H13N3O.C5H11N/c7-6(10)5-1-3-9(8)4-2-5;1-2-4-6-5-3-1/h5H,1-4,8H2,(H2,7,10);6H,1-5H2. The predicted molar refractivity (Wildman–Crippen MR) is 64.4 cm³/mol. The summed E-state index contributed by atoms with van der Waals surface area (Å²) in [5, 5.41) is 5.01. The van der Waals surface area contributed by atoms with E-state index in [9.17, 15) is 4.79 Å². The number of carbonyl (C=O) groups excluding carboxylic acids is 1. The quantitative estimate of drug-likeness (QED) is 0.543. The van der Waals surface area contributed by atoms with E-state index in [1.165, 1.54) is 32.4 Å². The van der Waals surface area contributed by atoms with Gasteiger partial charge < -0.3 is 11.1 Å². The van der Waals surface area contributed by atoms with Crippen LogP contribution in [0.25, 0.3) is 0 Å².